The summed E-state index contributed by atoms with van der Waals surface area (Å²) in [5.74, 6) is 0.807. The molecule has 0 unspecified atom stereocenters. The molecule has 0 bridgehead atoms. The number of nitrogens with zero attached hydrogens (tertiary/aromatic N) is 4. The molecule has 0 aromatic carbocycles. The summed E-state index contributed by atoms with van der Waals surface area (Å²) in [5, 5.41) is 7.37. The molecule has 9 heavy (non-hydrogen) atoms. The second kappa shape index (κ2) is 1.65. The van der Waals surface area contributed by atoms with Crippen molar-refractivity contribution in [1.82, 2.24) is 14.8 Å². The summed E-state index contributed by atoms with van der Waals surface area (Å²) < 4.78 is 1.85. The molecule has 0 amide bonds. The summed E-state index contributed by atoms with van der Waals surface area (Å²) in [7, 11) is 0. The van der Waals surface area contributed by atoms with Gasteiger partial charge in [-0.25, -0.2) is 0 Å². The zero-order valence-corrected chi connectivity index (χ0v) is 4.78. The van der Waals surface area contributed by atoms with Crippen molar-refractivity contribution in [3.63, 3.8) is 0 Å². The highest BCUT2D eigenvalue weighted by molar-refractivity contribution is 5.74. The van der Waals surface area contributed by atoms with Crippen molar-refractivity contribution in [3.8, 4) is 0 Å². The zero-order chi connectivity index (χ0) is 6.10. The highest BCUT2D eigenvalue weighted by Gasteiger charge is 2.03. The van der Waals surface area contributed by atoms with Crippen molar-refractivity contribution in [2.24, 2.45) is 4.99 Å². The molecule has 1 aromatic heterocycles. The third kappa shape index (κ3) is 0.630. The molecule has 0 atom stereocenters. The maximum atomic E-state index is 4.02. The van der Waals surface area contributed by atoms with Crippen molar-refractivity contribution in [3.05, 3.63) is 12.2 Å². The van der Waals surface area contributed by atoms with Gasteiger partial charge in [0.2, 0.25) is 6.33 Å². The van der Waals surface area contributed by atoms with Gasteiger partial charge in [-0.2, -0.15) is 0 Å². The van der Waals surface area contributed by atoms with Gasteiger partial charge in [-0.05, 0) is 0 Å². The van der Waals surface area contributed by atoms with Crippen molar-refractivity contribution < 1.29 is 0 Å². The molecule has 0 aliphatic carbocycles. The number of fused-ring (bicyclic) bond motifs is 1. The lowest BCUT2D eigenvalue weighted by Gasteiger charge is -2.03. The third-order valence-corrected chi connectivity index (χ3v) is 1.25. The van der Waals surface area contributed by atoms with E-state index in [1.807, 2.05) is 4.57 Å². The van der Waals surface area contributed by atoms with Crippen molar-refractivity contribution >= 4 is 6.21 Å². The van der Waals surface area contributed by atoms with Gasteiger partial charge in [-0.3, -0.25) is 4.99 Å². The van der Waals surface area contributed by atoms with Crippen LogP contribution in [0.5, 0.6) is 0 Å². The van der Waals surface area contributed by atoms with E-state index < -0.39 is 0 Å². The third-order valence-electron chi connectivity index (χ3n) is 1.25. The average Bonchev–Trinajstić information content (AvgIpc) is 2.33. The van der Waals surface area contributed by atoms with E-state index in [0.717, 1.165) is 18.9 Å². The first-order valence-corrected chi connectivity index (χ1v) is 2.77. The van der Waals surface area contributed by atoms with Gasteiger partial charge in [0.15, 0.2) is 5.82 Å². The summed E-state index contributed by atoms with van der Waals surface area (Å²) >= 11 is 0. The summed E-state index contributed by atoms with van der Waals surface area (Å²) in [6.45, 7) is 1.68. The SMILES string of the molecule is [c]1nnc2n1CCN=C2. The Morgan fingerprint density at radius 2 is 2.67 bits per heavy atom. The number of aromatic nitrogens is 3. The number of aliphatic imine (C=N–C) groups is 1. The molecule has 1 radical (unpaired) electrons. The standard InChI is InChI=1S/C5H5N4/c1-2-9-4-7-8-5(9)3-6-1/h3H,1-2H2. The lowest BCUT2D eigenvalue weighted by atomic mass is 10.5. The van der Waals surface area contributed by atoms with Gasteiger partial charge < -0.3 is 4.57 Å². The van der Waals surface area contributed by atoms with E-state index in [1.165, 1.54) is 0 Å². The number of hydrogen-bond acceptors (Lipinski definition) is 3. The average molecular weight is 121 g/mol. The van der Waals surface area contributed by atoms with Crippen molar-refractivity contribution in [2.45, 2.75) is 6.54 Å². The highest BCUT2D eigenvalue weighted by Crippen LogP contribution is 1.95. The Morgan fingerprint density at radius 3 is 3.56 bits per heavy atom. The predicted molar refractivity (Wildman–Crippen MR) is 31.3 cm³/mol. The van der Waals surface area contributed by atoms with Gasteiger partial charge in [-0.15, -0.1) is 10.2 Å². The molecule has 0 saturated heterocycles. The Bertz CT molecular complexity index is 237. The molecule has 4 heteroatoms. The second-order valence-electron chi connectivity index (χ2n) is 1.85. The van der Waals surface area contributed by atoms with Crippen LogP contribution < -0.4 is 0 Å². The highest BCUT2D eigenvalue weighted by atomic mass is 15.3. The second-order valence-corrected chi connectivity index (χ2v) is 1.85. The fourth-order valence-electron chi connectivity index (χ4n) is 0.797. The zero-order valence-electron chi connectivity index (χ0n) is 4.78. The number of rotatable bonds is 0. The molecular formula is C5H5N4. The Morgan fingerprint density at radius 1 is 1.67 bits per heavy atom. The molecule has 0 fully saturated rings. The van der Waals surface area contributed by atoms with Gasteiger partial charge in [-0.1, -0.05) is 0 Å². The molecule has 1 aliphatic rings. The van der Waals surface area contributed by atoms with Crippen LogP contribution in [0.15, 0.2) is 4.99 Å². The van der Waals surface area contributed by atoms with E-state index in [9.17, 15) is 0 Å². The van der Waals surface area contributed by atoms with E-state index in [2.05, 4.69) is 21.5 Å². The lowest BCUT2D eigenvalue weighted by molar-refractivity contribution is 0.682. The Hall–Kier alpha value is -1.19. The van der Waals surface area contributed by atoms with Gasteiger partial charge in [0.1, 0.15) is 0 Å². The van der Waals surface area contributed by atoms with E-state index in [-0.39, 0.29) is 0 Å². The Labute approximate surface area is 52.2 Å². The smallest absolute Gasteiger partial charge is 0.202 e. The van der Waals surface area contributed by atoms with Gasteiger partial charge >= 0.3 is 0 Å². The molecule has 0 spiro atoms. The van der Waals surface area contributed by atoms with Crippen LogP contribution in [0.4, 0.5) is 0 Å². The van der Waals surface area contributed by atoms with E-state index in [1.54, 1.807) is 6.21 Å². The molecule has 4 nitrogen and oxygen atoms in total. The van der Waals surface area contributed by atoms with Crippen LogP contribution in [-0.2, 0) is 6.54 Å². The topological polar surface area (TPSA) is 43.1 Å². The minimum atomic E-state index is 0.807. The quantitative estimate of drug-likeness (QED) is 0.465. The Kier molecular flexibility index (Phi) is 0.855. The fourth-order valence-corrected chi connectivity index (χ4v) is 0.797. The maximum Gasteiger partial charge on any atom is 0.202 e. The normalized spacial score (nSPS) is 15.6. The fraction of sp³-hybridized carbons (Fsp3) is 0.400. The molecule has 0 N–H and O–H groups in total. The van der Waals surface area contributed by atoms with Crippen LogP contribution in [0, 0.1) is 6.33 Å². The number of hydrogen-bond donors (Lipinski definition) is 0. The molecule has 1 aromatic rings. The van der Waals surface area contributed by atoms with Gasteiger partial charge in [0.05, 0.1) is 12.8 Å². The minimum Gasteiger partial charge on any atom is -0.302 e. The maximum absolute atomic E-state index is 4.02. The summed E-state index contributed by atoms with van der Waals surface area (Å²) in [5.41, 5.74) is 0. The monoisotopic (exact) mass is 121 g/mol. The molecular weight excluding hydrogens is 116 g/mol. The summed E-state index contributed by atoms with van der Waals surface area (Å²) in [6.07, 6.45) is 4.44. The van der Waals surface area contributed by atoms with Crippen LogP contribution in [0.1, 0.15) is 5.82 Å². The Balaban J connectivity index is 2.53. The first-order valence-electron chi connectivity index (χ1n) is 2.77. The molecule has 1 aliphatic heterocycles. The first-order chi connectivity index (χ1) is 4.47. The molecule has 2 heterocycles. The van der Waals surface area contributed by atoms with Crippen molar-refractivity contribution in [1.29, 1.82) is 0 Å². The van der Waals surface area contributed by atoms with Crippen LogP contribution >= 0.6 is 0 Å². The molecule has 2 rings (SSSR count). The summed E-state index contributed by atoms with van der Waals surface area (Å²) in [6, 6.07) is 0. The molecule has 0 saturated carbocycles. The minimum absolute atomic E-state index is 0.807. The van der Waals surface area contributed by atoms with E-state index >= 15 is 0 Å². The lowest BCUT2D eigenvalue weighted by Crippen LogP contribution is -2.10. The van der Waals surface area contributed by atoms with Gasteiger partial charge in [0, 0.05) is 6.54 Å². The summed E-state index contributed by atoms with van der Waals surface area (Å²) in [4.78, 5) is 4.02. The van der Waals surface area contributed by atoms with Gasteiger partial charge in [0.25, 0.3) is 0 Å². The van der Waals surface area contributed by atoms with Crippen LogP contribution in [0.3, 0.4) is 0 Å². The largest absolute Gasteiger partial charge is 0.302 e. The van der Waals surface area contributed by atoms with E-state index in [4.69, 9.17) is 0 Å². The van der Waals surface area contributed by atoms with Crippen LogP contribution in [0.25, 0.3) is 0 Å². The van der Waals surface area contributed by atoms with Crippen LogP contribution in [-0.4, -0.2) is 27.5 Å². The predicted octanol–water partition coefficient (Wildman–Crippen LogP) is -0.489. The molecule has 45 valence electrons. The van der Waals surface area contributed by atoms with Crippen molar-refractivity contribution in [2.75, 3.05) is 6.54 Å². The first kappa shape index (κ1) is 4.67. The van der Waals surface area contributed by atoms with Crippen LogP contribution in [0.2, 0.25) is 0 Å². The van der Waals surface area contributed by atoms with E-state index in [0.29, 0.717) is 0 Å².